The Morgan fingerprint density at radius 3 is 2.53 bits per heavy atom. The van der Waals surface area contributed by atoms with Gasteiger partial charge in [-0.3, -0.25) is 10.1 Å². The van der Waals surface area contributed by atoms with Crippen LogP contribution in [0.25, 0.3) is 0 Å². The molecule has 19 heavy (non-hydrogen) atoms. The van der Waals surface area contributed by atoms with Gasteiger partial charge in [-0.15, -0.1) is 0 Å². The van der Waals surface area contributed by atoms with Gasteiger partial charge >= 0.3 is 0 Å². The molecule has 0 aromatic heterocycles. The van der Waals surface area contributed by atoms with Crippen LogP contribution in [-0.2, 0) is 6.54 Å². The number of nitrogens with one attached hydrogen (secondary N) is 1. The van der Waals surface area contributed by atoms with E-state index in [0.29, 0.717) is 17.1 Å². The van der Waals surface area contributed by atoms with E-state index in [9.17, 15) is 10.1 Å². The molecule has 6 heteroatoms. The topological polar surface area (TPSA) is 55.2 Å². The molecule has 2 aromatic carbocycles. The first-order valence-electron chi connectivity index (χ1n) is 5.48. The number of hydrogen-bond donors (Lipinski definition) is 1. The molecule has 0 bridgehead atoms. The lowest BCUT2D eigenvalue weighted by Crippen LogP contribution is -2.03. The smallest absolute Gasteiger partial charge is 0.274 e. The zero-order chi connectivity index (χ0) is 13.8. The fourth-order valence-corrected chi connectivity index (χ4v) is 2.10. The Morgan fingerprint density at radius 1 is 1.21 bits per heavy atom. The summed E-state index contributed by atoms with van der Waals surface area (Å²) >= 11 is 9.21. The molecule has 0 amide bonds. The number of halogens is 2. The van der Waals surface area contributed by atoms with Crippen molar-refractivity contribution in [3.05, 3.63) is 67.6 Å². The van der Waals surface area contributed by atoms with Crippen molar-refractivity contribution in [1.29, 1.82) is 0 Å². The summed E-state index contributed by atoms with van der Waals surface area (Å²) in [4.78, 5) is 10.5. The van der Waals surface area contributed by atoms with Crippen LogP contribution in [0.15, 0.2) is 46.9 Å². The molecule has 0 radical (unpaired) electrons. The summed E-state index contributed by atoms with van der Waals surface area (Å²) in [6, 6.07) is 12.1. The zero-order valence-corrected chi connectivity index (χ0v) is 12.1. The van der Waals surface area contributed by atoms with Crippen molar-refractivity contribution in [2.24, 2.45) is 0 Å². The molecule has 0 aliphatic heterocycles. The van der Waals surface area contributed by atoms with Gasteiger partial charge in [-0.05, 0) is 36.4 Å². The van der Waals surface area contributed by atoms with Crippen molar-refractivity contribution in [2.75, 3.05) is 5.32 Å². The number of nitro benzene ring substituents is 1. The molecule has 4 nitrogen and oxygen atoms in total. The average molecular weight is 342 g/mol. The molecule has 2 rings (SSSR count). The van der Waals surface area contributed by atoms with Gasteiger partial charge in [-0.25, -0.2) is 0 Å². The molecule has 0 fully saturated rings. The minimum Gasteiger partial charge on any atom is -0.381 e. The number of hydrogen-bond acceptors (Lipinski definition) is 3. The second-order valence-electron chi connectivity index (χ2n) is 3.89. The van der Waals surface area contributed by atoms with Crippen LogP contribution >= 0.6 is 27.5 Å². The van der Waals surface area contributed by atoms with Crippen LogP contribution in [0.3, 0.4) is 0 Å². The number of anilines is 1. The maximum atomic E-state index is 10.9. The predicted octanol–water partition coefficient (Wildman–Crippen LogP) is 4.62. The van der Waals surface area contributed by atoms with Crippen molar-refractivity contribution in [3.63, 3.8) is 0 Å². The van der Waals surface area contributed by atoms with Crippen LogP contribution in [0.2, 0.25) is 5.02 Å². The lowest BCUT2D eigenvalue weighted by atomic mass is 10.1. The second-order valence-corrected chi connectivity index (χ2v) is 5.24. The summed E-state index contributed by atoms with van der Waals surface area (Å²) in [5.74, 6) is 0. The Labute approximate surface area is 123 Å². The third kappa shape index (κ3) is 3.68. The summed E-state index contributed by atoms with van der Waals surface area (Å²) in [6.45, 7) is 0.346. The summed E-state index contributed by atoms with van der Waals surface area (Å²) in [5, 5.41) is 14.5. The van der Waals surface area contributed by atoms with Gasteiger partial charge in [0.05, 0.1) is 10.5 Å². The monoisotopic (exact) mass is 340 g/mol. The molecule has 1 N–H and O–H groups in total. The third-order valence-electron chi connectivity index (χ3n) is 2.57. The van der Waals surface area contributed by atoms with Gasteiger partial charge < -0.3 is 5.32 Å². The first kappa shape index (κ1) is 13.8. The van der Waals surface area contributed by atoms with E-state index in [4.69, 9.17) is 11.6 Å². The summed E-state index contributed by atoms with van der Waals surface area (Å²) in [5.41, 5.74) is 1.51. The molecule has 98 valence electrons. The van der Waals surface area contributed by atoms with Crippen LogP contribution in [0.1, 0.15) is 5.56 Å². The molecule has 0 saturated carbocycles. The molecule has 0 atom stereocenters. The van der Waals surface area contributed by atoms with Crippen molar-refractivity contribution >= 4 is 38.9 Å². The Balaban J connectivity index is 2.16. The highest BCUT2D eigenvalue weighted by Gasteiger charge is 2.13. The summed E-state index contributed by atoms with van der Waals surface area (Å²) < 4.78 is 0.979. The summed E-state index contributed by atoms with van der Waals surface area (Å²) in [6.07, 6.45) is 0. The van der Waals surface area contributed by atoms with E-state index in [0.717, 1.165) is 10.2 Å². The first-order valence-corrected chi connectivity index (χ1v) is 6.65. The van der Waals surface area contributed by atoms with E-state index < -0.39 is 4.92 Å². The molecular weight excluding hydrogens is 332 g/mol. The quantitative estimate of drug-likeness (QED) is 0.652. The van der Waals surface area contributed by atoms with Gasteiger partial charge in [0.2, 0.25) is 0 Å². The number of nitro groups is 1. The zero-order valence-electron chi connectivity index (χ0n) is 9.77. The summed E-state index contributed by atoms with van der Waals surface area (Å²) in [7, 11) is 0. The standard InChI is InChI=1S/C13H10BrClN2O2/c14-10-1-4-12(5-2-10)16-8-9-7-11(15)3-6-13(9)17(18)19/h1-7,16H,8H2. The first-order chi connectivity index (χ1) is 9.06. The molecule has 0 unspecified atom stereocenters. The van der Waals surface area contributed by atoms with Crippen molar-refractivity contribution in [3.8, 4) is 0 Å². The predicted molar refractivity (Wildman–Crippen MR) is 79.6 cm³/mol. The van der Waals surface area contributed by atoms with Crippen LogP contribution in [0.5, 0.6) is 0 Å². The van der Waals surface area contributed by atoms with Gasteiger partial charge in [0, 0.05) is 27.8 Å². The van der Waals surface area contributed by atoms with Crippen molar-refractivity contribution < 1.29 is 4.92 Å². The molecular formula is C13H10BrClN2O2. The average Bonchev–Trinajstić information content (AvgIpc) is 2.38. The minimum atomic E-state index is -0.408. The highest BCUT2D eigenvalue weighted by molar-refractivity contribution is 9.10. The van der Waals surface area contributed by atoms with Gasteiger partial charge in [0.25, 0.3) is 5.69 Å². The maximum Gasteiger partial charge on any atom is 0.274 e. The van der Waals surface area contributed by atoms with Crippen molar-refractivity contribution in [1.82, 2.24) is 0 Å². The molecule has 0 aliphatic carbocycles. The second kappa shape index (κ2) is 6.04. The van der Waals surface area contributed by atoms with Crippen LogP contribution < -0.4 is 5.32 Å². The van der Waals surface area contributed by atoms with E-state index in [2.05, 4.69) is 21.2 Å². The third-order valence-corrected chi connectivity index (χ3v) is 3.33. The van der Waals surface area contributed by atoms with E-state index in [-0.39, 0.29) is 5.69 Å². The lowest BCUT2D eigenvalue weighted by molar-refractivity contribution is -0.385. The highest BCUT2D eigenvalue weighted by Crippen LogP contribution is 2.24. The van der Waals surface area contributed by atoms with E-state index in [1.54, 1.807) is 6.07 Å². The molecule has 0 heterocycles. The van der Waals surface area contributed by atoms with E-state index in [1.807, 2.05) is 24.3 Å². The number of rotatable bonds is 4. The maximum absolute atomic E-state index is 10.9. The van der Waals surface area contributed by atoms with Gasteiger partial charge in [0.1, 0.15) is 0 Å². The lowest BCUT2D eigenvalue weighted by Gasteiger charge is -2.07. The van der Waals surface area contributed by atoms with Crippen LogP contribution in [-0.4, -0.2) is 4.92 Å². The Kier molecular flexibility index (Phi) is 4.39. The molecule has 2 aromatic rings. The minimum absolute atomic E-state index is 0.0639. The number of benzene rings is 2. The Bertz CT molecular complexity index is 602. The van der Waals surface area contributed by atoms with E-state index >= 15 is 0 Å². The molecule has 0 spiro atoms. The van der Waals surface area contributed by atoms with Crippen LogP contribution in [0.4, 0.5) is 11.4 Å². The fourth-order valence-electron chi connectivity index (χ4n) is 1.64. The van der Waals surface area contributed by atoms with Gasteiger partial charge in [-0.1, -0.05) is 27.5 Å². The SMILES string of the molecule is O=[N+]([O-])c1ccc(Cl)cc1CNc1ccc(Br)cc1. The number of nitrogens with zero attached hydrogens (tertiary/aromatic N) is 1. The van der Waals surface area contributed by atoms with Crippen LogP contribution in [0, 0.1) is 10.1 Å². The molecule has 0 aliphatic rings. The highest BCUT2D eigenvalue weighted by atomic mass is 79.9. The van der Waals surface area contributed by atoms with Gasteiger partial charge in [0.15, 0.2) is 0 Å². The Morgan fingerprint density at radius 2 is 1.89 bits per heavy atom. The van der Waals surface area contributed by atoms with Crippen molar-refractivity contribution in [2.45, 2.75) is 6.54 Å². The van der Waals surface area contributed by atoms with E-state index in [1.165, 1.54) is 12.1 Å². The largest absolute Gasteiger partial charge is 0.381 e. The fraction of sp³-hybridized carbons (Fsp3) is 0.0769. The van der Waals surface area contributed by atoms with Gasteiger partial charge in [-0.2, -0.15) is 0 Å². The Hall–Kier alpha value is -1.59. The molecule has 0 saturated heterocycles. The normalized spacial score (nSPS) is 10.2.